The molecule has 2 heterocycles. The second kappa shape index (κ2) is 5.87. The third-order valence-corrected chi connectivity index (χ3v) is 3.39. The lowest BCUT2D eigenvalue weighted by molar-refractivity contribution is -0.121. The summed E-state index contributed by atoms with van der Waals surface area (Å²) in [6, 6.07) is 4.02. The van der Waals surface area contributed by atoms with Crippen molar-refractivity contribution in [2.75, 3.05) is 6.54 Å². The third-order valence-electron chi connectivity index (χ3n) is 3.39. The van der Waals surface area contributed by atoms with Gasteiger partial charge < -0.3 is 15.5 Å². The smallest absolute Gasteiger partial charge is 0.220 e. The van der Waals surface area contributed by atoms with Crippen molar-refractivity contribution in [1.82, 2.24) is 5.32 Å². The summed E-state index contributed by atoms with van der Waals surface area (Å²) >= 11 is 0. The predicted octanol–water partition coefficient (Wildman–Crippen LogP) is 1.77. The first-order valence-corrected chi connectivity index (χ1v) is 6.34. The number of hydrogen-bond acceptors (Lipinski definition) is 3. The van der Waals surface area contributed by atoms with Crippen LogP contribution in [0.3, 0.4) is 0 Å². The van der Waals surface area contributed by atoms with Crippen LogP contribution in [0.2, 0.25) is 0 Å². The van der Waals surface area contributed by atoms with Crippen LogP contribution in [0, 0.1) is 0 Å². The van der Waals surface area contributed by atoms with Gasteiger partial charge in [-0.3, -0.25) is 4.79 Å². The van der Waals surface area contributed by atoms with Crippen molar-refractivity contribution in [2.45, 2.75) is 44.1 Å². The van der Waals surface area contributed by atoms with Crippen LogP contribution < -0.4 is 11.1 Å². The molecule has 1 aromatic heterocycles. The highest BCUT2D eigenvalue weighted by atomic mass is 16.3. The summed E-state index contributed by atoms with van der Waals surface area (Å²) < 4.78 is 5.47. The van der Waals surface area contributed by atoms with Crippen molar-refractivity contribution >= 4 is 5.91 Å². The molecular formula is C13H20N2O2. The topological polar surface area (TPSA) is 68.3 Å². The molecule has 1 aliphatic heterocycles. The van der Waals surface area contributed by atoms with E-state index in [1.54, 1.807) is 6.26 Å². The summed E-state index contributed by atoms with van der Waals surface area (Å²) in [4.78, 5) is 11.6. The van der Waals surface area contributed by atoms with Crippen LogP contribution in [-0.4, -0.2) is 18.5 Å². The minimum atomic E-state index is 0.154. The number of carbonyl (C=O) groups excluding carboxylic acids is 1. The zero-order valence-electron chi connectivity index (χ0n) is 10.0. The summed E-state index contributed by atoms with van der Waals surface area (Å²) in [5.74, 6) is 1.29. The maximum atomic E-state index is 11.6. The normalized spacial score (nSPS) is 22.9. The zero-order valence-corrected chi connectivity index (χ0v) is 10.0. The number of nitrogens with one attached hydrogen (secondary N) is 1. The average Bonchev–Trinajstić information content (AvgIpc) is 2.75. The summed E-state index contributed by atoms with van der Waals surface area (Å²) in [6.45, 7) is 0.609. The molecule has 0 radical (unpaired) electrons. The fraction of sp³-hybridized carbons (Fsp3) is 0.615. The molecule has 2 atom stereocenters. The number of hydrogen-bond donors (Lipinski definition) is 2. The number of furan rings is 1. The van der Waals surface area contributed by atoms with Gasteiger partial charge in [0.15, 0.2) is 0 Å². The SMILES string of the molecule is NCCC(c1ccco1)C1CCCCC(=O)N1. The van der Waals surface area contributed by atoms with Gasteiger partial charge in [0.25, 0.3) is 0 Å². The monoisotopic (exact) mass is 236 g/mol. The maximum absolute atomic E-state index is 11.6. The molecule has 2 rings (SSSR count). The van der Waals surface area contributed by atoms with Crippen molar-refractivity contribution in [2.24, 2.45) is 5.73 Å². The van der Waals surface area contributed by atoms with Gasteiger partial charge in [0.1, 0.15) is 5.76 Å². The fourth-order valence-corrected chi connectivity index (χ4v) is 2.53. The molecule has 2 unspecified atom stereocenters. The molecule has 1 aliphatic rings. The van der Waals surface area contributed by atoms with Crippen molar-refractivity contribution in [3.63, 3.8) is 0 Å². The Morgan fingerprint density at radius 3 is 3.12 bits per heavy atom. The molecule has 1 aromatic rings. The van der Waals surface area contributed by atoms with E-state index in [-0.39, 0.29) is 17.9 Å². The minimum absolute atomic E-state index is 0.154. The molecule has 1 saturated heterocycles. The molecule has 94 valence electrons. The van der Waals surface area contributed by atoms with Crippen molar-refractivity contribution in [1.29, 1.82) is 0 Å². The maximum Gasteiger partial charge on any atom is 0.220 e. The highest BCUT2D eigenvalue weighted by molar-refractivity contribution is 5.76. The predicted molar refractivity (Wildman–Crippen MR) is 65.5 cm³/mol. The molecule has 0 bridgehead atoms. The Balaban J connectivity index is 2.11. The Labute approximate surface area is 102 Å². The van der Waals surface area contributed by atoms with Crippen molar-refractivity contribution in [3.05, 3.63) is 24.2 Å². The molecule has 3 N–H and O–H groups in total. The third kappa shape index (κ3) is 3.09. The van der Waals surface area contributed by atoms with E-state index in [0.717, 1.165) is 31.4 Å². The molecule has 4 nitrogen and oxygen atoms in total. The minimum Gasteiger partial charge on any atom is -0.469 e. The van der Waals surface area contributed by atoms with Crippen LogP contribution in [0.4, 0.5) is 0 Å². The Hall–Kier alpha value is -1.29. The standard InChI is InChI=1S/C13H20N2O2/c14-8-7-10(12-5-3-9-17-12)11-4-1-2-6-13(16)15-11/h3,5,9-11H,1-2,4,6-8,14H2,(H,15,16). The molecule has 0 aromatic carbocycles. The van der Waals surface area contributed by atoms with E-state index in [1.807, 2.05) is 12.1 Å². The molecular weight excluding hydrogens is 216 g/mol. The second-order valence-electron chi connectivity index (χ2n) is 4.62. The van der Waals surface area contributed by atoms with E-state index in [9.17, 15) is 4.79 Å². The Morgan fingerprint density at radius 1 is 1.53 bits per heavy atom. The van der Waals surface area contributed by atoms with Gasteiger partial charge in [-0.2, -0.15) is 0 Å². The summed E-state index contributed by atoms with van der Waals surface area (Å²) in [5.41, 5.74) is 5.66. The summed E-state index contributed by atoms with van der Waals surface area (Å²) in [7, 11) is 0. The van der Waals surface area contributed by atoms with Crippen LogP contribution in [0.5, 0.6) is 0 Å². The first-order chi connectivity index (χ1) is 8.31. The van der Waals surface area contributed by atoms with E-state index in [1.165, 1.54) is 0 Å². The van der Waals surface area contributed by atoms with Crippen molar-refractivity contribution in [3.8, 4) is 0 Å². The van der Waals surface area contributed by atoms with Crippen LogP contribution in [0.25, 0.3) is 0 Å². The van der Waals surface area contributed by atoms with Gasteiger partial charge in [0.2, 0.25) is 5.91 Å². The van der Waals surface area contributed by atoms with Crippen LogP contribution >= 0.6 is 0 Å². The van der Waals surface area contributed by atoms with Crippen molar-refractivity contribution < 1.29 is 9.21 Å². The van der Waals surface area contributed by atoms with Crippen LogP contribution in [-0.2, 0) is 4.79 Å². The number of nitrogens with two attached hydrogens (primary N) is 1. The van der Waals surface area contributed by atoms with E-state index in [4.69, 9.17) is 10.2 Å². The van der Waals surface area contributed by atoms with E-state index < -0.39 is 0 Å². The molecule has 4 heteroatoms. The number of rotatable bonds is 4. The van der Waals surface area contributed by atoms with Gasteiger partial charge in [0, 0.05) is 18.4 Å². The number of carbonyl (C=O) groups is 1. The molecule has 0 aliphatic carbocycles. The Kier molecular flexibility index (Phi) is 4.20. The van der Waals surface area contributed by atoms with E-state index in [0.29, 0.717) is 13.0 Å². The first kappa shape index (κ1) is 12.2. The molecule has 1 fully saturated rings. The quantitative estimate of drug-likeness (QED) is 0.837. The molecule has 0 spiro atoms. The lowest BCUT2D eigenvalue weighted by atomic mass is 9.90. The van der Waals surface area contributed by atoms with Gasteiger partial charge in [-0.05, 0) is 37.9 Å². The second-order valence-corrected chi connectivity index (χ2v) is 4.62. The summed E-state index contributed by atoms with van der Waals surface area (Å²) in [5, 5.41) is 3.10. The zero-order chi connectivity index (χ0) is 12.1. The summed E-state index contributed by atoms with van der Waals surface area (Å²) in [6.07, 6.45) is 6.25. The van der Waals surface area contributed by atoms with E-state index >= 15 is 0 Å². The highest BCUT2D eigenvalue weighted by Gasteiger charge is 2.27. The van der Waals surface area contributed by atoms with Crippen LogP contribution in [0.1, 0.15) is 43.8 Å². The molecule has 17 heavy (non-hydrogen) atoms. The average molecular weight is 236 g/mol. The fourth-order valence-electron chi connectivity index (χ4n) is 2.53. The Morgan fingerprint density at radius 2 is 2.41 bits per heavy atom. The highest BCUT2D eigenvalue weighted by Crippen LogP contribution is 2.28. The van der Waals surface area contributed by atoms with Gasteiger partial charge in [0.05, 0.1) is 6.26 Å². The van der Waals surface area contributed by atoms with Gasteiger partial charge >= 0.3 is 0 Å². The molecule has 0 saturated carbocycles. The molecule has 1 amide bonds. The lowest BCUT2D eigenvalue weighted by Gasteiger charge is -2.24. The largest absolute Gasteiger partial charge is 0.469 e. The van der Waals surface area contributed by atoms with Gasteiger partial charge in [-0.25, -0.2) is 0 Å². The van der Waals surface area contributed by atoms with Gasteiger partial charge in [-0.15, -0.1) is 0 Å². The van der Waals surface area contributed by atoms with E-state index in [2.05, 4.69) is 5.32 Å². The lowest BCUT2D eigenvalue weighted by Crippen LogP contribution is -2.38. The number of amides is 1. The van der Waals surface area contributed by atoms with Gasteiger partial charge in [-0.1, -0.05) is 6.42 Å². The first-order valence-electron chi connectivity index (χ1n) is 6.34. The Bertz CT molecular complexity index is 348. The van der Waals surface area contributed by atoms with Crippen LogP contribution in [0.15, 0.2) is 22.8 Å².